The first-order valence-corrected chi connectivity index (χ1v) is 8.30. The van der Waals surface area contributed by atoms with Gasteiger partial charge in [0.1, 0.15) is 5.75 Å². The van der Waals surface area contributed by atoms with Gasteiger partial charge in [0.2, 0.25) is 0 Å². The summed E-state index contributed by atoms with van der Waals surface area (Å²) in [4.78, 5) is 22.3. The molecular weight excluding hydrogens is 334 g/mol. The summed E-state index contributed by atoms with van der Waals surface area (Å²) < 4.78 is 5.59. The predicted molar refractivity (Wildman–Crippen MR) is 99.5 cm³/mol. The summed E-state index contributed by atoms with van der Waals surface area (Å²) in [5.74, 6) is 0.546. The quantitative estimate of drug-likeness (QED) is 0.444. The first-order valence-electron chi connectivity index (χ1n) is 8.30. The highest BCUT2D eigenvalue weighted by atomic mass is 16.6. The topological polar surface area (TPSA) is 93.8 Å². The molecule has 0 aliphatic heterocycles. The Bertz CT molecular complexity index is 805. The van der Waals surface area contributed by atoms with Gasteiger partial charge in [0.25, 0.3) is 11.6 Å². The number of para-hydroxylation sites is 2. The van der Waals surface area contributed by atoms with E-state index in [9.17, 15) is 14.9 Å². The van der Waals surface area contributed by atoms with Gasteiger partial charge in [-0.25, -0.2) is 5.43 Å². The Morgan fingerprint density at radius 2 is 1.96 bits per heavy atom. The molecule has 0 radical (unpaired) electrons. The number of ether oxygens (including phenoxy) is 1. The lowest BCUT2D eigenvalue weighted by Gasteiger charge is -2.15. The molecule has 0 fully saturated rings. The second-order valence-corrected chi connectivity index (χ2v) is 5.74. The summed E-state index contributed by atoms with van der Waals surface area (Å²) >= 11 is 0. The molecule has 0 heterocycles. The van der Waals surface area contributed by atoms with E-state index >= 15 is 0 Å². The van der Waals surface area contributed by atoms with E-state index in [1.165, 1.54) is 12.3 Å². The summed E-state index contributed by atoms with van der Waals surface area (Å²) in [5, 5.41) is 14.7. The molecular formula is C19H21N3O4. The number of nitrogens with zero attached hydrogens (tertiary/aromatic N) is 2. The van der Waals surface area contributed by atoms with Crippen LogP contribution in [-0.2, 0) is 4.79 Å². The van der Waals surface area contributed by atoms with Crippen molar-refractivity contribution in [1.29, 1.82) is 0 Å². The second kappa shape index (κ2) is 9.31. The van der Waals surface area contributed by atoms with Crippen LogP contribution in [0.4, 0.5) is 5.69 Å². The highest BCUT2D eigenvalue weighted by molar-refractivity contribution is 5.86. The van der Waals surface area contributed by atoms with Crippen LogP contribution in [0.5, 0.6) is 5.75 Å². The Morgan fingerprint density at radius 1 is 1.27 bits per heavy atom. The van der Waals surface area contributed by atoms with Gasteiger partial charge in [-0.15, -0.1) is 0 Å². The second-order valence-electron chi connectivity index (χ2n) is 5.74. The molecule has 1 amide bonds. The maximum atomic E-state index is 11.9. The fourth-order valence-corrected chi connectivity index (χ4v) is 2.35. The number of nitro groups is 1. The zero-order chi connectivity index (χ0) is 18.9. The Kier molecular flexibility index (Phi) is 6.84. The van der Waals surface area contributed by atoms with Crippen molar-refractivity contribution in [2.45, 2.75) is 26.2 Å². The van der Waals surface area contributed by atoms with Crippen molar-refractivity contribution in [3.63, 3.8) is 0 Å². The molecule has 0 aliphatic rings. The van der Waals surface area contributed by atoms with E-state index in [1.54, 1.807) is 18.2 Å². The lowest BCUT2D eigenvalue weighted by molar-refractivity contribution is -0.385. The van der Waals surface area contributed by atoms with Crippen molar-refractivity contribution < 1.29 is 14.5 Å². The number of hydrogen-bond acceptors (Lipinski definition) is 5. The minimum absolute atomic E-state index is 0.0794. The highest BCUT2D eigenvalue weighted by Crippen LogP contribution is 2.28. The number of nitrogens with one attached hydrogen (secondary N) is 1. The number of benzene rings is 2. The van der Waals surface area contributed by atoms with Gasteiger partial charge in [0.05, 0.1) is 16.7 Å². The molecule has 2 aromatic carbocycles. The van der Waals surface area contributed by atoms with Gasteiger partial charge >= 0.3 is 0 Å². The van der Waals surface area contributed by atoms with Crippen molar-refractivity contribution in [2.24, 2.45) is 5.10 Å². The van der Waals surface area contributed by atoms with Gasteiger partial charge in [0, 0.05) is 6.07 Å². The lowest BCUT2D eigenvalue weighted by atomic mass is 9.98. The van der Waals surface area contributed by atoms with Crippen molar-refractivity contribution in [1.82, 2.24) is 5.43 Å². The van der Waals surface area contributed by atoms with E-state index < -0.39 is 10.8 Å². The molecule has 7 nitrogen and oxygen atoms in total. The van der Waals surface area contributed by atoms with E-state index in [1.807, 2.05) is 24.3 Å². The predicted octanol–water partition coefficient (Wildman–Crippen LogP) is 3.64. The molecule has 1 N–H and O–H groups in total. The minimum Gasteiger partial charge on any atom is -0.483 e. The smallest absolute Gasteiger partial charge is 0.278 e. The third kappa shape index (κ3) is 5.14. The van der Waals surface area contributed by atoms with Crippen molar-refractivity contribution in [3.05, 3.63) is 69.8 Å². The molecule has 1 atom stereocenters. The van der Waals surface area contributed by atoms with E-state index in [0.717, 1.165) is 12.0 Å². The normalized spacial score (nSPS) is 11.9. The average molecular weight is 355 g/mol. The van der Waals surface area contributed by atoms with Crippen LogP contribution in [-0.4, -0.2) is 23.7 Å². The molecule has 0 saturated carbocycles. The minimum atomic E-state index is -0.502. The SMILES string of the molecule is CCC(C)c1ccccc1OCC(=O)NN=Cc1ccccc1[N+](=O)[O-]. The lowest BCUT2D eigenvalue weighted by Crippen LogP contribution is -2.25. The molecule has 1 unspecified atom stereocenters. The van der Waals surface area contributed by atoms with E-state index in [2.05, 4.69) is 24.4 Å². The zero-order valence-electron chi connectivity index (χ0n) is 14.7. The molecule has 2 aromatic rings. The highest BCUT2D eigenvalue weighted by Gasteiger charge is 2.12. The van der Waals surface area contributed by atoms with Crippen LogP contribution in [0.3, 0.4) is 0 Å². The maximum Gasteiger partial charge on any atom is 0.278 e. The summed E-state index contributed by atoms with van der Waals surface area (Å²) in [7, 11) is 0. The standard InChI is InChI=1S/C19H21N3O4/c1-3-14(2)16-9-5-7-11-18(16)26-13-19(23)21-20-12-15-8-4-6-10-17(15)22(24)25/h4-12,14H,3,13H2,1-2H3,(H,21,23). The summed E-state index contributed by atoms with van der Waals surface area (Å²) in [5.41, 5.74) is 3.59. The summed E-state index contributed by atoms with van der Waals surface area (Å²) in [6, 6.07) is 13.7. The molecule has 2 rings (SSSR count). The largest absolute Gasteiger partial charge is 0.483 e. The Morgan fingerprint density at radius 3 is 2.69 bits per heavy atom. The average Bonchev–Trinajstić information content (AvgIpc) is 2.66. The fourth-order valence-electron chi connectivity index (χ4n) is 2.35. The van der Waals surface area contributed by atoms with E-state index in [-0.39, 0.29) is 12.3 Å². The number of carbonyl (C=O) groups is 1. The number of hydrazone groups is 1. The van der Waals surface area contributed by atoms with Crippen LogP contribution in [0.25, 0.3) is 0 Å². The van der Waals surface area contributed by atoms with Crippen LogP contribution in [0.1, 0.15) is 37.3 Å². The zero-order valence-corrected chi connectivity index (χ0v) is 14.7. The molecule has 0 aromatic heterocycles. The third-order valence-corrected chi connectivity index (χ3v) is 3.95. The monoisotopic (exact) mass is 355 g/mol. The maximum absolute atomic E-state index is 11.9. The van der Waals surface area contributed by atoms with Crippen LogP contribution < -0.4 is 10.2 Å². The molecule has 0 spiro atoms. The van der Waals surface area contributed by atoms with Crippen LogP contribution in [0, 0.1) is 10.1 Å². The van der Waals surface area contributed by atoms with Gasteiger partial charge in [0.15, 0.2) is 6.61 Å². The first kappa shape index (κ1) is 19.1. The summed E-state index contributed by atoms with van der Waals surface area (Å²) in [6.45, 7) is 3.99. The molecule has 0 bridgehead atoms. The molecule has 0 saturated heterocycles. The number of rotatable bonds is 8. The van der Waals surface area contributed by atoms with Crippen molar-refractivity contribution in [2.75, 3.05) is 6.61 Å². The Labute approximate surface area is 151 Å². The molecule has 26 heavy (non-hydrogen) atoms. The van der Waals surface area contributed by atoms with Gasteiger partial charge in [-0.1, -0.05) is 44.2 Å². The number of hydrogen-bond donors (Lipinski definition) is 1. The Hall–Kier alpha value is -3.22. The van der Waals surface area contributed by atoms with Gasteiger partial charge in [-0.2, -0.15) is 5.10 Å². The number of carbonyl (C=O) groups excluding carboxylic acids is 1. The Balaban J connectivity index is 1.94. The van der Waals surface area contributed by atoms with Gasteiger partial charge in [-0.3, -0.25) is 14.9 Å². The van der Waals surface area contributed by atoms with Gasteiger partial charge in [-0.05, 0) is 30.0 Å². The summed E-state index contributed by atoms with van der Waals surface area (Å²) in [6.07, 6.45) is 2.20. The van der Waals surface area contributed by atoms with Crippen LogP contribution in [0.2, 0.25) is 0 Å². The first-order chi connectivity index (χ1) is 12.5. The number of amides is 1. The van der Waals surface area contributed by atoms with Gasteiger partial charge < -0.3 is 4.74 Å². The molecule has 136 valence electrons. The number of nitro benzene ring substituents is 1. The van der Waals surface area contributed by atoms with Crippen LogP contribution in [0.15, 0.2) is 53.6 Å². The van der Waals surface area contributed by atoms with Crippen molar-refractivity contribution in [3.8, 4) is 5.75 Å². The van der Waals surface area contributed by atoms with E-state index in [0.29, 0.717) is 17.2 Å². The molecule has 0 aliphatic carbocycles. The van der Waals surface area contributed by atoms with Crippen molar-refractivity contribution >= 4 is 17.8 Å². The van der Waals surface area contributed by atoms with Crippen LogP contribution >= 0.6 is 0 Å². The third-order valence-electron chi connectivity index (χ3n) is 3.95. The molecule has 7 heteroatoms. The fraction of sp³-hybridized carbons (Fsp3) is 0.263. The van der Waals surface area contributed by atoms with E-state index in [4.69, 9.17) is 4.74 Å².